The van der Waals surface area contributed by atoms with Crippen molar-refractivity contribution in [2.24, 2.45) is 0 Å². The first-order valence-corrected chi connectivity index (χ1v) is 9.56. The number of aromatic nitrogens is 2. The highest BCUT2D eigenvalue weighted by Crippen LogP contribution is 2.31. The van der Waals surface area contributed by atoms with Crippen molar-refractivity contribution in [2.45, 2.75) is 4.90 Å². The number of hydrogen-bond acceptors (Lipinski definition) is 6. The third-order valence-corrected chi connectivity index (χ3v) is 4.98. The van der Waals surface area contributed by atoms with Gasteiger partial charge in [-0.05, 0) is 30.3 Å². The number of hydrogen-bond donors (Lipinski definition) is 2. The zero-order chi connectivity index (χ0) is 18.0. The van der Waals surface area contributed by atoms with E-state index >= 15 is 0 Å². The second-order valence-corrected chi connectivity index (χ2v) is 7.82. The van der Waals surface area contributed by atoms with Crippen molar-refractivity contribution in [2.75, 3.05) is 17.3 Å². The SMILES string of the molecule is CS(=O)(=O)c1ccc(Nc2ncc(-c3ccccc3Cl)c(N)n2)cc1. The minimum Gasteiger partial charge on any atom is -0.383 e. The second kappa shape index (κ2) is 6.70. The maximum absolute atomic E-state index is 11.5. The molecule has 0 amide bonds. The summed E-state index contributed by atoms with van der Waals surface area (Å²) >= 11 is 6.18. The lowest BCUT2D eigenvalue weighted by molar-refractivity contribution is 0.602. The predicted octanol–water partition coefficient (Wildman–Crippen LogP) is 3.53. The highest BCUT2D eigenvalue weighted by molar-refractivity contribution is 7.90. The number of benzene rings is 2. The molecule has 0 fully saturated rings. The van der Waals surface area contributed by atoms with Crippen LogP contribution in [-0.4, -0.2) is 24.6 Å². The third-order valence-electron chi connectivity index (χ3n) is 3.52. The van der Waals surface area contributed by atoms with E-state index in [1.54, 1.807) is 24.4 Å². The molecule has 0 aliphatic carbocycles. The van der Waals surface area contributed by atoms with E-state index in [0.717, 1.165) is 11.8 Å². The lowest BCUT2D eigenvalue weighted by Gasteiger charge is -2.10. The van der Waals surface area contributed by atoms with Gasteiger partial charge in [0, 0.05) is 34.3 Å². The average molecular weight is 375 g/mol. The Morgan fingerprint density at radius 1 is 1.04 bits per heavy atom. The lowest BCUT2D eigenvalue weighted by atomic mass is 10.1. The molecule has 3 rings (SSSR count). The van der Waals surface area contributed by atoms with Crippen molar-refractivity contribution >= 4 is 38.9 Å². The van der Waals surface area contributed by atoms with Crippen LogP contribution >= 0.6 is 11.6 Å². The van der Waals surface area contributed by atoms with Crippen LogP contribution < -0.4 is 11.1 Å². The third kappa shape index (κ3) is 3.89. The molecule has 1 aromatic heterocycles. The minimum atomic E-state index is -3.23. The van der Waals surface area contributed by atoms with E-state index in [1.165, 1.54) is 12.1 Å². The normalized spacial score (nSPS) is 11.3. The maximum atomic E-state index is 11.5. The van der Waals surface area contributed by atoms with Gasteiger partial charge < -0.3 is 11.1 Å². The van der Waals surface area contributed by atoms with Gasteiger partial charge in [-0.3, -0.25) is 0 Å². The molecule has 0 unspecified atom stereocenters. The first-order chi connectivity index (χ1) is 11.8. The van der Waals surface area contributed by atoms with E-state index < -0.39 is 9.84 Å². The Kier molecular flexibility index (Phi) is 4.61. The minimum absolute atomic E-state index is 0.243. The van der Waals surface area contributed by atoms with Crippen LogP contribution in [0.4, 0.5) is 17.5 Å². The van der Waals surface area contributed by atoms with E-state index in [4.69, 9.17) is 17.3 Å². The van der Waals surface area contributed by atoms with Crippen LogP contribution in [-0.2, 0) is 9.84 Å². The standard InChI is InChI=1S/C17H15ClN4O2S/c1-25(23,24)12-8-6-11(7-9-12)21-17-20-10-14(16(19)22-17)13-4-2-3-5-15(13)18/h2-10H,1H3,(H3,19,20,21,22). The summed E-state index contributed by atoms with van der Waals surface area (Å²) in [5.74, 6) is 0.596. The molecular weight excluding hydrogens is 360 g/mol. The van der Waals surface area contributed by atoms with Crippen molar-refractivity contribution in [3.05, 3.63) is 59.8 Å². The highest BCUT2D eigenvalue weighted by Gasteiger charge is 2.10. The summed E-state index contributed by atoms with van der Waals surface area (Å²) in [6, 6.07) is 13.6. The summed E-state index contributed by atoms with van der Waals surface area (Å²) in [7, 11) is -3.23. The number of nitrogens with two attached hydrogens (primary N) is 1. The smallest absolute Gasteiger partial charge is 0.229 e. The van der Waals surface area contributed by atoms with Gasteiger partial charge in [-0.2, -0.15) is 4.98 Å². The molecule has 3 N–H and O–H groups in total. The fourth-order valence-corrected chi connectivity index (χ4v) is 3.12. The summed E-state index contributed by atoms with van der Waals surface area (Å²) < 4.78 is 22.9. The van der Waals surface area contributed by atoms with Gasteiger partial charge in [-0.25, -0.2) is 13.4 Å². The molecule has 0 spiro atoms. The second-order valence-electron chi connectivity index (χ2n) is 5.39. The molecule has 128 valence electrons. The number of rotatable bonds is 4. The van der Waals surface area contributed by atoms with E-state index in [1.807, 2.05) is 18.2 Å². The summed E-state index contributed by atoms with van der Waals surface area (Å²) in [6.07, 6.45) is 2.75. The maximum Gasteiger partial charge on any atom is 0.229 e. The number of nitrogens with zero attached hydrogens (tertiary/aromatic N) is 2. The fourth-order valence-electron chi connectivity index (χ4n) is 2.26. The molecule has 0 atom stereocenters. The van der Waals surface area contributed by atoms with Crippen molar-refractivity contribution in [3.63, 3.8) is 0 Å². The van der Waals surface area contributed by atoms with E-state index in [-0.39, 0.29) is 4.90 Å². The van der Waals surface area contributed by atoms with Crippen LogP contribution in [0, 0.1) is 0 Å². The topological polar surface area (TPSA) is 98.0 Å². The predicted molar refractivity (Wildman–Crippen MR) is 99.7 cm³/mol. The van der Waals surface area contributed by atoms with E-state index in [2.05, 4.69) is 15.3 Å². The molecule has 2 aromatic carbocycles. The van der Waals surface area contributed by atoms with Gasteiger partial charge in [0.1, 0.15) is 5.82 Å². The number of halogens is 1. The Labute approximate surface area is 150 Å². The van der Waals surface area contributed by atoms with Crippen molar-refractivity contribution in [1.82, 2.24) is 9.97 Å². The van der Waals surface area contributed by atoms with Gasteiger partial charge in [0.25, 0.3) is 0 Å². The molecule has 0 aliphatic heterocycles. The van der Waals surface area contributed by atoms with Gasteiger partial charge in [0.2, 0.25) is 5.95 Å². The Bertz CT molecular complexity index is 1020. The molecular formula is C17H15ClN4O2S. The van der Waals surface area contributed by atoms with Gasteiger partial charge >= 0.3 is 0 Å². The first-order valence-electron chi connectivity index (χ1n) is 7.29. The summed E-state index contributed by atoms with van der Waals surface area (Å²) in [5.41, 5.74) is 8.08. The Morgan fingerprint density at radius 3 is 2.32 bits per heavy atom. The molecule has 3 aromatic rings. The highest BCUT2D eigenvalue weighted by atomic mass is 35.5. The van der Waals surface area contributed by atoms with Crippen LogP contribution in [0.15, 0.2) is 59.6 Å². The van der Waals surface area contributed by atoms with E-state index in [0.29, 0.717) is 28.0 Å². The molecule has 6 nitrogen and oxygen atoms in total. The van der Waals surface area contributed by atoms with Crippen LogP contribution in [0.25, 0.3) is 11.1 Å². The zero-order valence-electron chi connectivity index (χ0n) is 13.3. The molecule has 0 radical (unpaired) electrons. The van der Waals surface area contributed by atoms with Gasteiger partial charge in [0.15, 0.2) is 9.84 Å². The summed E-state index contributed by atoms with van der Waals surface area (Å²) in [4.78, 5) is 8.72. The molecule has 0 saturated carbocycles. The Morgan fingerprint density at radius 2 is 1.72 bits per heavy atom. The number of nitrogen functional groups attached to an aromatic ring is 1. The fraction of sp³-hybridized carbons (Fsp3) is 0.0588. The number of sulfone groups is 1. The summed E-state index contributed by atoms with van der Waals surface area (Å²) in [5, 5.41) is 3.55. The average Bonchev–Trinajstić information content (AvgIpc) is 2.56. The van der Waals surface area contributed by atoms with Crippen LogP contribution in [0.1, 0.15) is 0 Å². The zero-order valence-corrected chi connectivity index (χ0v) is 14.8. The van der Waals surface area contributed by atoms with Crippen LogP contribution in [0.3, 0.4) is 0 Å². The quantitative estimate of drug-likeness (QED) is 0.724. The van der Waals surface area contributed by atoms with E-state index in [9.17, 15) is 8.42 Å². The largest absolute Gasteiger partial charge is 0.383 e. The molecule has 0 bridgehead atoms. The Balaban J connectivity index is 1.85. The Hall–Kier alpha value is -2.64. The number of nitrogens with one attached hydrogen (secondary N) is 1. The molecule has 8 heteroatoms. The molecule has 0 aliphatic rings. The first kappa shape index (κ1) is 17.2. The van der Waals surface area contributed by atoms with Crippen LogP contribution in [0.5, 0.6) is 0 Å². The summed E-state index contributed by atoms with van der Waals surface area (Å²) in [6.45, 7) is 0. The lowest BCUT2D eigenvalue weighted by Crippen LogP contribution is -2.03. The molecule has 1 heterocycles. The van der Waals surface area contributed by atoms with Gasteiger partial charge in [-0.15, -0.1) is 0 Å². The van der Waals surface area contributed by atoms with Gasteiger partial charge in [0.05, 0.1) is 4.90 Å². The van der Waals surface area contributed by atoms with Crippen molar-refractivity contribution in [3.8, 4) is 11.1 Å². The van der Waals surface area contributed by atoms with Gasteiger partial charge in [-0.1, -0.05) is 29.8 Å². The van der Waals surface area contributed by atoms with Crippen LogP contribution in [0.2, 0.25) is 5.02 Å². The molecule has 25 heavy (non-hydrogen) atoms. The monoisotopic (exact) mass is 374 g/mol. The van der Waals surface area contributed by atoms with Crippen molar-refractivity contribution in [1.29, 1.82) is 0 Å². The molecule has 0 saturated heterocycles. The van der Waals surface area contributed by atoms with Crippen molar-refractivity contribution < 1.29 is 8.42 Å². The number of anilines is 3.